The molecular weight excluding hydrogens is 214 g/mol. The van der Waals surface area contributed by atoms with Gasteiger partial charge in [0.25, 0.3) is 0 Å². The molecule has 0 unspecified atom stereocenters. The molecular formula is C9H9N3S2. The molecule has 2 N–H and O–H groups in total. The molecule has 0 saturated carbocycles. The zero-order chi connectivity index (χ0) is 10.2. The lowest BCUT2D eigenvalue weighted by Gasteiger charge is -1.90. The summed E-state index contributed by atoms with van der Waals surface area (Å²) >= 11 is 2.89. The van der Waals surface area contributed by atoms with Crippen molar-refractivity contribution in [3.63, 3.8) is 0 Å². The molecule has 5 heteroatoms. The van der Waals surface area contributed by atoms with Crippen LogP contribution in [0, 0.1) is 12.3 Å². The van der Waals surface area contributed by atoms with Crippen molar-refractivity contribution in [2.24, 2.45) is 15.9 Å². The topological polar surface area (TPSA) is 50.7 Å². The third-order valence-electron chi connectivity index (χ3n) is 1.19. The van der Waals surface area contributed by atoms with Gasteiger partial charge < -0.3 is 5.73 Å². The molecule has 0 fully saturated rings. The Labute approximate surface area is 91.1 Å². The van der Waals surface area contributed by atoms with Crippen LogP contribution in [-0.2, 0) is 0 Å². The maximum Gasteiger partial charge on any atom is 0.181 e. The Hall–Kier alpha value is -1.25. The van der Waals surface area contributed by atoms with E-state index in [1.165, 1.54) is 11.8 Å². The van der Waals surface area contributed by atoms with Gasteiger partial charge in [0.15, 0.2) is 5.17 Å². The lowest BCUT2D eigenvalue weighted by atomic mass is 10.5. The van der Waals surface area contributed by atoms with Crippen LogP contribution in [0.1, 0.15) is 4.88 Å². The minimum Gasteiger partial charge on any atom is -0.377 e. The summed E-state index contributed by atoms with van der Waals surface area (Å²) in [6.45, 7) is 0. The average Bonchev–Trinajstić information content (AvgIpc) is 2.67. The highest BCUT2D eigenvalue weighted by Gasteiger charge is 1.89. The quantitative estimate of drug-likeness (QED) is 0.367. The van der Waals surface area contributed by atoms with Gasteiger partial charge in [-0.25, -0.2) is 0 Å². The zero-order valence-corrected chi connectivity index (χ0v) is 9.02. The van der Waals surface area contributed by atoms with Crippen molar-refractivity contribution in [3.05, 3.63) is 22.4 Å². The van der Waals surface area contributed by atoms with Crippen molar-refractivity contribution < 1.29 is 0 Å². The second-order valence-corrected chi connectivity index (χ2v) is 4.17. The summed E-state index contributed by atoms with van der Waals surface area (Å²) in [5.41, 5.74) is 5.51. The summed E-state index contributed by atoms with van der Waals surface area (Å²) in [6.07, 6.45) is 6.73. The molecule has 0 atom stereocenters. The molecule has 0 aliphatic heterocycles. The first kappa shape index (κ1) is 10.8. The fourth-order valence-electron chi connectivity index (χ4n) is 0.652. The normalized spacial score (nSPS) is 11.8. The Kier molecular flexibility index (Phi) is 4.83. The fourth-order valence-corrected chi connectivity index (χ4v) is 1.57. The number of hydrogen-bond acceptors (Lipinski definition) is 4. The molecule has 0 aromatic carbocycles. The number of rotatable bonds is 3. The third-order valence-corrected chi connectivity index (χ3v) is 2.68. The van der Waals surface area contributed by atoms with E-state index < -0.39 is 0 Å². The molecule has 14 heavy (non-hydrogen) atoms. The van der Waals surface area contributed by atoms with E-state index in [0.29, 0.717) is 10.9 Å². The molecule has 0 aliphatic carbocycles. The Balaban J connectivity index is 2.42. The number of thioether (sulfide) groups is 1. The zero-order valence-electron chi connectivity index (χ0n) is 7.38. The van der Waals surface area contributed by atoms with Crippen molar-refractivity contribution in [2.75, 3.05) is 5.75 Å². The summed E-state index contributed by atoms with van der Waals surface area (Å²) in [5, 5.41) is 9.96. The first-order valence-corrected chi connectivity index (χ1v) is 5.65. The highest BCUT2D eigenvalue weighted by Crippen LogP contribution is 2.05. The van der Waals surface area contributed by atoms with Crippen LogP contribution < -0.4 is 5.73 Å². The number of amidine groups is 1. The molecule has 3 nitrogen and oxygen atoms in total. The highest BCUT2D eigenvalue weighted by molar-refractivity contribution is 8.13. The number of thiophene rings is 1. The van der Waals surface area contributed by atoms with Gasteiger partial charge in [0.2, 0.25) is 0 Å². The minimum absolute atomic E-state index is 0.385. The highest BCUT2D eigenvalue weighted by atomic mass is 32.2. The Morgan fingerprint density at radius 3 is 3.29 bits per heavy atom. The second-order valence-electron chi connectivity index (χ2n) is 2.19. The van der Waals surface area contributed by atoms with E-state index in [4.69, 9.17) is 12.2 Å². The van der Waals surface area contributed by atoms with Gasteiger partial charge in [0.1, 0.15) is 0 Å². The molecule has 0 amide bonds. The van der Waals surface area contributed by atoms with Crippen LogP contribution in [0.15, 0.2) is 27.7 Å². The summed E-state index contributed by atoms with van der Waals surface area (Å²) in [7, 11) is 0. The smallest absolute Gasteiger partial charge is 0.181 e. The number of hydrogen-bond donors (Lipinski definition) is 1. The van der Waals surface area contributed by atoms with E-state index in [0.717, 1.165) is 4.88 Å². The number of nitrogens with zero attached hydrogens (tertiary/aromatic N) is 2. The van der Waals surface area contributed by atoms with E-state index in [-0.39, 0.29) is 0 Å². The fraction of sp³-hybridized carbons (Fsp3) is 0.111. The Morgan fingerprint density at radius 1 is 1.79 bits per heavy atom. The van der Waals surface area contributed by atoms with Gasteiger partial charge >= 0.3 is 0 Å². The van der Waals surface area contributed by atoms with Crippen molar-refractivity contribution in [3.8, 4) is 12.3 Å². The first-order valence-electron chi connectivity index (χ1n) is 3.79. The standard InChI is InChI=1S/C9H9N3S2/c1-2-5-14-9(10)12-11-7-8-4-3-6-13-8/h1,3-4,6-7H,5H2,(H2,10,12)/b11-7-. The number of terminal acetylenes is 1. The summed E-state index contributed by atoms with van der Waals surface area (Å²) < 4.78 is 0. The summed E-state index contributed by atoms with van der Waals surface area (Å²) in [4.78, 5) is 1.04. The van der Waals surface area contributed by atoms with E-state index in [1.54, 1.807) is 17.6 Å². The van der Waals surface area contributed by atoms with Crippen LogP contribution in [0.25, 0.3) is 0 Å². The van der Waals surface area contributed by atoms with Gasteiger partial charge in [-0.3, -0.25) is 0 Å². The maximum absolute atomic E-state index is 5.51. The van der Waals surface area contributed by atoms with Gasteiger partial charge in [-0.05, 0) is 11.4 Å². The first-order chi connectivity index (χ1) is 6.83. The van der Waals surface area contributed by atoms with Crippen LogP contribution in [0.5, 0.6) is 0 Å². The molecule has 0 aliphatic rings. The minimum atomic E-state index is 0.385. The molecule has 1 aromatic heterocycles. The monoisotopic (exact) mass is 223 g/mol. The van der Waals surface area contributed by atoms with Crippen LogP contribution in [-0.4, -0.2) is 17.1 Å². The molecule has 0 radical (unpaired) electrons. The lowest BCUT2D eigenvalue weighted by Crippen LogP contribution is -2.05. The number of nitrogens with two attached hydrogens (primary N) is 1. The van der Waals surface area contributed by atoms with E-state index in [2.05, 4.69) is 16.1 Å². The lowest BCUT2D eigenvalue weighted by molar-refractivity contribution is 1.25. The van der Waals surface area contributed by atoms with Crippen molar-refractivity contribution in [1.29, 1.82) is 0 Å². The van der Waals surface area contributed by atoms with Crippen molar-refractivity contribution in [2.45, 2.75) is 0 Å². The Morgan fingerprint density at radius 2 is 2.64 bits per heavy atom. The second kappa shape index (κ2) is 6.24. The molecule has 0 bridgehead atoms. The van der Waals surface area contributed by atoms with Gasteiger partial charge in [-0.2, -0.15) is 5.10 Å². The van der Waals surface area contributed by atoms with Crippen LogP contribution in [0.3, 0.4) is 0 Å². The third kappa shape index (κ3) is 4.12. The van der Waals surface area contributed by atoms with E-state index >= 15 is 0 Å². The van der Waals surface area contributed by atoms with Crippen molar-refractivity contribution >= 4 is 34.5 Å². The SMILES string of the molecule is C#CCSC(N)=N/N=C\c1cccs1. The predicted octanol–water partition coefficient (Wildman–Crippen LogP) is 1.76. The molecule has 72 valence electrons. The Bertz CT molecular complexity index is 360. The predicted molar refractivity (Wildman–Crippen MR) is 64.8 cm³/mol. The van der Waals surface area contributed by atoms with Crippen LogP contribution in [0.4, 0.5) is 0 Å². The van der Waals surface area contributed by atoms with Gasteiger partial charge in [0, 0.05) is 4.88 Å². The van der Waals surface area contributed by atoms with Gasteiger partial charge in [-0.15, -0.1) is 22.9 Å². The molecule has 1 aromatic rings. The summed E-state index contributed by atoms with van der Waals surface area (Å²) in [5.74, 6) is 2.97. The molecule has 1 rings (SSSR count). The van der Waals surface area contributed by atoms with Crippen molar-refractivity contribution in [1.82, 2.24) is 0 Å². The molecule has 0 spiro atoms. The average molecular weight is 223 g/mol. The van der Waals surface area contributed by atoms with Crippen LogP contribution in [0.2, 0.25) is 0 Å². The summed E-state index contributed by atoms with van der Waals surface area (Å²) in [6, 6.07) is 3.90. The van der Waals surface area contributed by atoms with E-state index in [1.807, 2.05) is 17.5 Å². The van der Waals surface area contributed by atoms with Gasteiger partial charge in [-0.1, -0.05) is 23.7 Å². The van der Waals surface area contributed by atoms with Crippen LogP contribution >= 0.6 is 23.1 Å². The largest absolute Gasteiger partial charge is 0.377 e. The van der Waals surface area contributed by atoms with Gasteiger partial charge in [0.05, 0.1) is 12.0 Å². The molecule has 0 saturated heterocycles. The van der Waals surface area contributed by atoms with E-state index in [9.17, 15) is 0 Å². The maximum atomic E-state index is 5.51. The molecule has 1 heterocycles.